The third kappa shape index (κ3) is 3.27. The zero-order chi connectivity index (χ0) is 12.1. The highest BCUT2D eigenvalue weighted by molar-refractivity contribution is 5.90. The van der Waals surface area contributed by atoms with Gasteiger partial charge in [-0.05, 0) is 38.3 Å². The van der Waals surface area contributed by atoms with Crippen molar-refractivity contribution in [1.82, 2.24) is 4.98 Å². The minimum Gasteiger partial charge on any atom is -0.459 e. The number of hydrogen-bond donors (Lipinski definition) is 0. The van der Waals surface area contributed by atoms with Crippen LogP contribution in [-0.2, 0) is 9.47 Å². The Hall–Kier alpha value is -1.42. The van der Waals surface area contributed by atoms with Gasteiger partial charge in [-0.3, -0.25) is 4.98 Å². The van der Waals surface area contributed by atoms with Crippen molar-refractivity contribution in [3.05, 3.63) is 29.6 Å². The molecule has 1 atom stereocenters. The van der Waals surface area contributed by atoms with Crippen LogP contribution in [-0.4, -0.2) is 30.3 Å². The first-order valence-corrected chi connectivity index (χ1v) is 5.97. The largest absolute Gasteiger partial charge is 0.459 e. The van der Waals surface area contributed by atoms with E-state index in [0.29, 0.717) is 17.9 Å². The normalized spacial score (nSPS) is 19.9. The lowest BCUT2D eigenvalue weighted by molar-refractivity contribution is -0.0300. The van der Waals surface area contributed by atoms with Crippen LogP contribution >= 0.6 is 0 Å². The molecule has 0 saturated carbocycles. The van der Waals surface area contributed by atoms with Gasteiger partial charge >= 0.3 is 5.97 Å². The highest BCUT2D eigenvalue weighted by Gasteiger charge is 2.17. The van der Waals surface area contributed by atoms with E-state index in [1.54, 1.807) is 25.3 Å². The summed E-state index contributed by atoms with van der Waals surface area (Å²) >= 11 is 0. The Bertz CT molecular complexity index is 386. The van der Waals surface area contributed by atoms with Gasteiger partial charge in [0.05, 0.1) is 17.4 Å². The van der Waals surface area contributed by atoms with Crippen LogP contribution in [0.3, 0.4) is 0 Å². The molecule has 0 N–H and O–H groups in total. The standard InChI is InChI=1S/C13H17NO3/c1-10-12(6-4-7-14-10)13(15)17-9-11-5-2-3-8-16-11/h4,6-7,11H,2-3,5,8-9H2,1H3. The van der Waals surface area contributed by atoms with Gasteiger partial charge in [-0.25, -0.2) is 4.79 Å². The molecule has 1 saturated heterocycles. The van der Waals surface area contributed by atoms with Gasteiger partial charge in [-0.2, -0.15) is 0 Å². The molecule has 1 aliphatic rings. The van der Waals surface area contributed by atoms with E-state index in [0.717, 1.165) is 25.9 Å². The van der Waals surface area contributed by atoms with Gasteiger partial charge in [0, 0.05) is 12.8 Å². The fraction of sp³-hybridized carbons (Fsp3) is 0.538. The zero-order valence-corrected chi connectivity index (χ0v) is 10.0. The smallest absolute Gasteiger partial charge is 0.340 e. The summed E-state index contributed by atoms with van der Waals surface area (Å²) in [7, 11) is 0. The van der Waals surface area contributed by atoms with E-state index in [1.165, 1.54) is 0 Å². The van der Waals surface area contributed by atoms with Crippen LogP contribution in [0.5, 0.6) is 0 Å². The lowest BCUT2D eigenvalue weighted by atomic mass is 10.1. The van der Waals surface area contributed by atoms with Crippen LogP contribution in [0.4, 0.5) is 0 Å². The first-order valence-electron chi connectivity index (χ1n) is 5.97. The lowest BCUT2D eigenvalue weighted by Crippen LogP contribution is -2.26. The average Bonchev–Trinajstić information content (AvgIpc) is 2.38. The van der Waals surface area contributed by atoms with Crippen molar-refractivity contribution in [2.75, 3.05) is 13.2 Å². The second kappa shape index (κ2) is 5.77. The molecule has 0 aliphatic carbocycles. The highest BCUT2D eigenvalue weighted by atomic mass is 16.6. The molecule has 4 nitrogen and oxygen atoms in total. The summed E-state index contributed by atoms with van der Waals surface area (Å²) in [5, 5.41) is 0. The van der Waals surface area contributed by atoms with Crippen LogP contribution in [0.1, 0.15) is 35.3 Å². The Labute approximate surface area is 101 Å². The Balaban J connectivity index is 1.87. The molecule has 1 aliphatic heterocycles. The van der Waals surface area contributed by atoms with E-state index < -0.39 is 0 Å². The van der Waals surface area contributed by atoms with Gasteiger partial charge in [0.2, 0.25) is 0 Å². The number of carbonyl (C=O) groups is 1. The van der Waals surface area contributed by atoms with Crippen LogP contribution in [0.15, 0.2) is 18.3 Å². The topological polar surface area (TPSA) is 48.4 Å². The Kier molecular flexibility index (Phi) is 4.09. The number of pyridine rings is 1. The lowest BCUT2D eigenvalue weighted by Gasteiger charge is -2.22. The van der Waals surface area contributed by atoms with Crippen molar-refractivity contribution in [3.8, 4) is 0 Å². The second-order valence-electron chi connectivity index (χ2n) is 4.22. The first-order chi connectivity index (χ1) is 8.27. The number of hydrogen-bond acceptors (Lipinski definition) is 4. The first kappa shape index (κ1) is 12.0. The van der Waals surface area contributed by atoms with Crippen LogP contribution < -0.4 is 0 Å². The van der Waals surface area contributed by atoms with Crippen molar-refractivity contribution in [2.24, 2.45) is 0 Å². The molecule has 0 spiro atoms. The fourth-order valence-corrected chi connectivity index (χ4v) is 1.89. The molecule has 2 heterocycles. The molecular formula is C13H17NO3. The van der Waals surface area contributed by atoms with E-state index >= 15 is 0 Å². The third-order valence-corrected chi connectivity index (χ3v) is 2.90. The van der Waals surface area contributed by atoms with Gasteiger partial charge in [-0.1, -0.05) is 0 Å². The molecule has 2 rings (SSSR count). The second-order valence-corrected chi connectivity index (χ2v) is 4.22. The quantitative estimate of drug-likeness (QED) is 0.753. The van der Waals surface area contributed by atoms with E-state index in [1.807, 2.05) is 0 Å². The number of esters is 1. The Morgan fingerprint density at radius 1 is 1.59 bits per heavy atom. The SMILES string of the molecule is Cc1ncccc1C(=O)OCC1CCCCO1. The highest BCUT2D eigenvalue weighted by Crippen LogP contribution is 2.14. The van der Waals surface area contributed by atoms with Crippen molar-refractivity contribution in [3.63, 3.8) is 0 Å². The van der Waals surface area contributed by atoms with E-state index in [2.05, 4.69) is 4.98 Å². The molecule has 4 heteroatoms. The van der Waals surface area contributed by atoms with Crippen LogP contribution in [0.25, 0.3) is 0 Å². The molecule has 1 aromatic heterocycles. The predicted octanol–water partition coefficient (Wildman–Crippen LogP) is 2.12. The fourth-order valence-electron chi connectivity index (χ4n) is 1.89. The molecule has 0 bridgehead atoms. The molecule has 17 heavy (non-hydrogen) atoms. The van der Waals surface area contributed by atoms with Gasteiger partial charge < -0.3 is 9.47 Å². The maximum atomic E-state index is 11.8. The third-order valence-electron chi connectivity index (χ3n) is 2.90. The summed E-state index contributed by atoms with van der Waals surface area (Å²) in [5.74, 6) is -0.315. The number of ether oxygens (including phenoxy) is 2. The van der Waals surface area contributed by atoms with E-state index in [4.69, 9.17) is 9.47 Å². The van der Waals surface area contributed by atoms with Crippen LogP contribution in [0.2, 0.25) is 0 Å². The minimum atomic E-state index is -0.315. The maximum absolute atomic E-state index is 11.8. The maximum Gasteiger partial charge on any atom is 0.340 e. The molecular weight excluding hydrogens is 218 g/mol. The van der Waals surface area contributed by atoms with Crippen molar-refractivity contribution < 1.29 is 14.3 Å². The number of nitrogens with zero attached hydrogens (tertiary/aromatic N) is 1. The average molecular weight is 235 g/mol. The number of rotatable bonds is 3. The summed E-state index contributed by atoms with van der Waals surface area (Å²) in [4.78, 5) is 15.9. The molecule has 1 fully saturated rings. The van der Waals surface area contributed by atoms with Gasteiger partial charge in [0.15, 0.2) is 0 Å². The van der Waals surface area contributed by atoms with E-state index in [-0.39, 0.29) is 12.1 Å². The minimum absolute atomic E-state index is 0.0599. The van der Waals surface area contributed by atoms with Crippen molar-refractivity contribution in [2.45, 2.75) is 32.3 Å². The van der Waals surface area contributed by atoms with Gasteiger partial charge in [0.25, 0.3) is 0 Å². The Morgan fingerprint density at radius 3 is 3.18 bits per heavy atom. The Morgan fingerprint density at radius 2 is 2.47 bits per heavy atom. The summed E-state index contributed by atoms with van der Waals surface area (Å²) < 4.78 is 10.7. The molecule has 0 aromatic carbocycles. The molecule has 0 amide bonds. The molecule has 0 radical (unpaired) electrons. The number of carbonyl (C=O) groups excluding carboxylic acids is 1. The van der Waals surface area contributed by atoms with Crippen molar-refractivity contribution in [1.29, 1.82) is 0 Å². The summed E-state index contributed by atoms with van der Waals surface area (Å²) in [5.41, 5.74) is 1.23. The van der Waals surface area contributed by atoms with Gasteiger partial charge in [0.1, 0.15) is 6.61 Å². The summed E-state index contributed by atoms with van der Waals surface area (Å²) in [6, 6.07) is 3.47. The van der Waals surface area contributed by atoms with Gasteiger partial charge in [-0.15, -0.1) is 0 Å². The number of aryl methyl sites for hydroxylation is 1. The molecule has 1 unspecified atom stereocenters. The van der Waals surface area contributed by atoms with Crippen molar-refractivity contribution >= 4 is 5.97 Å². The van der Waals surface area contributed by atoms with Crippen LogP contribution in [0, 0.1) is 6.92 Å². The summed E-state index contributed by atoms with van der Waals surface area (Å²) in [6.07, 6.45) is 4.94. The molecule has 92 valence electrons. The monoisotopic (exact) mass is 235 g/mol. The van der Waals surface area contributed by atoms with E-state index in [9.17, 15) is 4.79 Å². The number of aromatic nitrogens is 1. The summed E-state index contributed by atoms with van der Waals surface area (Å²) in [6.45, 7) is 2.91. The molecule has 1 aromatic rings. The zero-order valence-electron chi connectivity index (χ0n) is 10.0. The predicted molar refractivity (Wildman–Crippen MR) is 62.8 cm³/mol.